The Morgan fingerprint density at radius 2 is 1.79 bits per heavy atom. The maximum Gasteiger partial charge on any atom is 0.417 e. The van der Waals surface area contributed by atoms with Crippen LogP contribution < -0.4 is 5.32 Å². The number of nitrogens with zero attached hydrogens (tertiary/aromatic N) is 2. The van der Waals surface area contributed by atoms with Crippen LogP contribution in [0.2, 0.25) is 5.02 Å². The molecule has 1 saturated heterocycles. The predicted octanol–water partition coefficient (Wildman–Crippen LogP) is 4.96. The molecule has 9 heteroatoms. The minimum Gasteiger partial charge on any atom is -0.321 e. The van der Waals surface area contributed by atoms with Gasteiger partial charge in [0.2, 0.25) is 0 Å². The number of halogens is 5. The molecule has 1 fully saturated rings. The third-order valence-electron chi connectivity index (χ3n) is 4.86. The minimum absolute atomic E-state index is 0.0000285. The van der Waals surface area contributed by atoms with Crippen molar-refractivity contribution >= 4 is 45.8 Å². The Labute approximate surface area is 186 Å². The summed E-state index contributed by atoms with van der Waals surface area (Å²) in [7, 11) is 1.98. The minimum atomic E-state index is -4.59. The zero-order valence-electron chi connectivity index (χ0n) is 15.7. The lowest BCUT2D eigenvalue weighted by Gasteiger charge is -2.33. The molecule has 0 bridgehead atoms. The van der Waals surface area contributed by atoms with Crippen LogP contribution in [0.15, 0.2) is 36.4 Å². The number of hydrogen-bond donors (Lipinski definition) is 1. The number of carbonyl (C=O) groups excluding carboxylic acids is 1. The summed E-state index contributed by atoms with van der Waals surface area (Å²) in [6.45, 7) is 3.05. The Kier molecular flexibility index (Phi) is 7.08. The SMILES string of the molecule is CN1CCN(Cc2c(Cl)cc(NC(=O)c3ccccc3)c(I)c2C(F)(F)F)CC1. The van der Waals surface area contributed by atoms with Gasteiger partial charge in [0.25, 0.3) is 5.91 Å². The Morgan fingerprint density at radius 1 is 1.17 bits per heavy atom. The number of piperazine rings is 1. The van der Waals surface area contributed by atoms with E-state index >= 15 is 0 Å². The summed E-state index contributed by atoms with van der Waals surface area (Å²) >= 11 is 7.94. The molecule has 0 saturated carbocycles. The van der Waals surface area contributed by atoms with Gasteiger partial charge in [-0.1, -0.05) is 29.8 Å². The van der Waals surface area contributed by atoms with Gasteiger partial charge in [-0.25, -0.2) is 0 Å². The molecule has 0 unspecified atom stereocenters. The number of anilines is 1. The molecule has 0 aromatic heterocycles. The molecule has 0 spiro atoms. The van der Waals surface area contributed by atoms with Crippen LogP contribution in [0.5, 0.6) is 0 Å². The van der Waals surface area contributed by atoms with Crippen molar-refractivity contribution < 1.29 is 18.0 Å². The van der Waals surface area contributed by atoms with Crippen molar-refractivity contribution in [1.29, 1.82) is 0 Å². The van der Waals surface area contributed by atoms with Crippen LogP contribution in [0.4, 0.5) is 18.9 Å². The van der Waals surface area contributed by atoms with Gasteiger partial charge < -0.3 is 10.2 Å². The molecule has 1 aliphatic heterocycles. The van der Waals surface area contributed by atoms with E-state index in [1.165, 1.54) is 6.07 Å². The van der Waals surface area contributed by atoms with Gasteiger partial charge in [0.1, 0.15) is 0 Å². The molecule has 2 aromatic rings. The number of benzene rings is 2. The fourth-order valence-corrected chi connectivity index (χ4v) is 4.40. The van der Waals surface area contributed by atoms with Gasteiger partial charge in [-0.2, -0.15) is 13.2 Å². The number of rotatable bonds is 4. The lowest BCUT2D eigenvalue weighted by molar-refractivity contribution is -0.139. The van der Waals surface area contributed by atoms with E-state index in [0.29, 0.717) is 18.7 Å². The molecular weight excluding hydrogens is 518 g/mol. The number of amides is 1. The molecule has 4 nitrogen and oxygen atoms in total. The van der Waals surface area contributed by atoms with Gasteiger partial charge in [0.05, 0.1) is 11.3 Å². The summed E-state index contributed by atoms with van der Waals surface area (Å²) in [4.78, 5) is 16.5. The first-order chi connectivity index (χ1) is 13.7. The molecule has 1 aliphatic rings. The van der Waals surface area contributed by atoms with Gasteiger partial charge in [-0.05, 0) is 53.4 Å². The first kappa shape index (κ1) is 22.3. The monoisotopic (exact) mass is 537 g/mol. The maximum atomic E-state index is 13.9. The fraction of sp³-hybridized carbons (Fsp3) is 0.350. The van der Waals surface area contributed by atoms with Crippen molar-refractivity contribution in [2.24, 2.45) is 0 Å². The smallest absolute Gasteiger partial charge is 0.321 e. The normalized spacial score (nSPS) is 16.1. The predicted molar refractivity (Wildman–Crippen MR) is 116 cm³/mol. The zero-order chi connectivity index (χ0) is 21.2. The van der Waals surface area contributed by atoms with Gasteiger partial charge in [0, 0.05) is 46.9 Å². The number of likely N-dealkylation sites (N-methyl/N-ethyl adjacent to an activating group) is 1. The molecular formula is C20H20ClF3IN3O. The largest absolute Gasteiger partial charge is 0.417 e. The van der Waals surface area contributed by atoms with Gasteiger partial charge in [0.15, 0.2) is 0 Å². The van der Waals surface area contributed by atoms with E-state index < -0.39 is 17.6 Å². The first-order valence-corrected chi connectivity index (χ1v) is 10.5. The quantitative estimate of drug-likeness (QED) is 0.560. The summed E-state index contributed by atoms with van der Waals surface area (Å²) < 4.78 is 41.8. The van der Waals surface area contributed by atoms with Crippen LogP contribution in [0.1, 0.15) is 21.5 Å². The van der Waals surface area contributed by atoms with Crippen LogP contribution in [0.3, 0.4) is 0 Å². The first-order valence-electron chi connectivity index (χ1n) is 9.02. The number of nitrogens with one attached hydrogen (secondary N) is 1. The van der Waals surface area contributed by atoms with E-state index in [4.69, 9.17) is 11.6 Å². The van der Waals surface area contributed by atoms with E-state index in [1.807, 2.05) is 11.9 Å². The van der Waals surface area contributed by atoms with Crippen LogP contribution in [0, 0.1) is 3.57 Å². The van der Waals surface area contributed by atoms with Crippen molar-refractivity contribution in [2.75, 3.05) is 38.5 Å². The van der Waals surface area contributed by atoms with E-state index in [-0.39, 0.29) is 26.4 Å². The molecule has 29 heavy (non-hydrogen) atoms. The van der Waals surface area contributed by atoms with Crippen LogP contribution in [-0.4, -0.2) is 48.9 Å². The Morgan fingerprint density at radius 3 is 2.38 bits per heavy atom. The highest BCUT2D eigenvalue weighted by atomic mass is 127. The molecule has 1 N–H and O–H groups in total. The highest BCUT2D eigenvalue weighted by Gasteiger charge is 2.38. The molecule has 1 heterocycles. The maximum absolute atomic E-state index is 13.9. The topological polar surface area (TPSA) is 35.6 Å². The van der Waals surface area contributed by atoms with E-state index in [2.05, 4.69) is 10.2 Å². The van der Waals surface area contributed by atoms with Crippen molar-refractivity contribution in [3.8, 4) is 0 Å². The molecule has 0 aliphatic carbocycles. The zero-order valence-corrected chi connectivity index (χ0v) is 18.6. The molecule has 156 valence electrons. The Balaban J connectivity index is 1.94. The van der Waals surface area contributed by atoms with Crippen LogP contribution >= 0.6 is 34.2 Å². The molecule has 0 atom stereocenters. The third kappa shape index (κ3) is 5.42. The number of alkyl halides is 3. The summed E-state index contributed by atoms with van der Waals surface area (Å²) in [5, 5.41) is 2.57. The average molecular weight is 538 g/mol. The lowest BCUT2D eigenvalue weighted by Crippen LogP contribution is -2.44. The molecule has 2 aromatic carbocycles. The highest BCUT2D eigenvalue weighted by molar-refractivity contribution is 14.1. The Hall–Kier alpha value is -1.36. The average Bonchev–Trinajstić information content (AvgIpc) is 2.67. The van der Waals surface area contributed by atoms with Crippen molar-refractivity contribution in [3.63, 3.8) is 0 Å². The third-order valence-corrected chi connectivity index (χ3v) is 6.32. The van der Waals surface area contributed by atoms with E-state index in [0.717, 1.165) is 13.1 Å². The molecule has 1 amide bonds. The molecule has 3 rings (SSSR count). The summed E-state index contributed by atoms with van der Waals surface area (Å²) in [5.41, 5.74) is -0.327. The number of hydrogen-bond acceptors (Lipinski definition) is 3. The highest BCUT2D eigenvalue weighted by Crippen LogP contribution is 2.42. The van der Waals surface area contributed by atoms with E-state index in [9.17, 15) is 18.0 Å². The fourth-order valence-electron chi connectivity index (χ4n) is 3.22. The van der Waals surface area contributed by atoms with Gasteiger partial charge in [-0.3, -0.25) is 9.69 Å². The second-order valence-corrected chi connectivity index (χ2v) is 8.46. The second kappa shape index (κ2) is 9.20. The van der Waals surface area contributed by atoms with E-state index in [1.54, 1.807) is 52.9 Å². The summed E-state index contributed by atoms with van der Waals surface area (Å²) in [6, 6.07) is 9.73. The summed E-state index contributed by atoms with van der Waals surface area (Å²) in [6.07, 6.45) is -4.59. The molecule has 0 radical (unpaired) electrons. The van der Waals surface area contributed by atoms with Crippen LogP contribution in [-0.2, 0) is 12.7 Å². The Bertz CT molecular complexity index is 885. The number of carbonyl (C=O) groups is 1. The lowest BCUT2D eigenvalue weighted by atomic mass is 10.0. The van der Waals surface area contributed by atoms with Gasteiger partial charge >= 0.3 is 6.18 Å². The van der Waals surface area contributed by atoms with Crippen molar-refractivity contribution in [2.45, 2.75) is 12.7 Å². The second-order valence-electron chi connectivity index (χ2n) is 6.97. The van der Waals surface area contributed by atoms with Crippen molar-refractivity contribution in [1.82, 2.24) is 9.80 Å². The standard InChI is InChI=1S/C20H20ClF3IN3O/c1-27-7-9-28(10-8-27)12-14-15(21)11-16(18(25)17(14)20(22,23)24)26-19(29)13-5-3-2-4-6-13/h2-6,11H,7-10,12H2,1H3,(H,26,29). The van der Waals surface area contributed by atoms with Crippen LogP contribution in [0.25, 0.3) is 0 Å². The summed E-state index contributed by atoms with van der Waals surface area (Å²) in [5.74, 6) is -0.487. The van der Waals surface area contributed by atoms with Crippen molar-refractivity contribution in [3.05, 3.63) is 61.7 Å². The van der Waals surface area contributed by atoms with Gasteiger partial charge in [-0.15, -0.1) is 0 Å².